The number of aliphatic carboxylic acids is 1. The predicted molar refractivity (Wildman–Crippen MR) is 90.7 cm³/mol. The molecule has 3 aromatic rings. The van der Waals surface area contributed by atoms with Crippen LogP contribution >= 0.6 is 11.6 Å². The topological polar surface area (TPSA) is 102 Å². The fourth-order valence-corrected chi connectivity index (χ4v) is 2.63. The quantitative estimate of drug-likeness (QED) is 0.544. The second-order valence-electron chi connectivity index (χ2n) is 5.26. The third-order valence-corrected chi connectivity index (χ3v) is 3.83. The van der Waals surface area contributed by atoms with Gasteiger partial charge in [0, 0.05) is 5.39 Å². The summed E-state index contributed by atoms with van der Waals surface area (Å²) in [7, 11) is 0. The van der Waals surface area contributed by atoms with Crippen molar-refractivity contribution < 1.29 is 19.8 Å². The van der Waals surface area contributed by atoms with E-state index in [1.807, 2.05) is 6.07 Å². The first kappa shape index (κ1) is 15.9. The maximum absolute atomic E-state index is 12.4. The molecule has 0 aliphatic rings. The number of phenolic OH excluding ortho intramolecular Hbond substituents is 1. The number of aromatic nitrogens is 1. The Morgan fingerprint density at radius 3 is 2.67 bits per heavy atom. The van der Waals surface area contributed by atoms with E-state index in [1.165, 1.54) is 18.2 Å². The number of aromatic amines is 1. The molecule has 0 saturated heterocycles. The van der Waals surface area contributed by atoms with E-state index >= 15 is 0 Å². The standard InChI is InChI=1S/C17H13ClN2O4/c18-11-3-1-2-10-8-13(19-16(10)11)17(24)20-12-6-9(7-15(22)23)4-5-14(12)21/h1-6,8,19,21H,7H2,(H,20,24)(H,22,23). The molecule has 6 nitrogen and oxygen atoms in total. The number of carbonyl (C=O) groups excluding carboxylic acids is 1. The van der Waals surface area contributed by atoms with Gasteiger partial charge in [0.1, 0.15) is 11.4 Å². The first-order valence-corrected chi connectivity index (χ1v) is 7.44. The molecule has 1 aromatic heterocycles. The van der Waals surface area contributed by atoms with Gasteiger partial charge in [-0.25, -0.2) is 0 Å². The Balaban J connectivity index is 1.88. The lowest BCUT2D eigenvalue weighted by Crippen LogP contribution is -2.12. The molecule has 4 N–H and O–H groups in total. The van der Waals surface area contributed by atoms with Crippen LogP contribution in [0.4, 0.5) is 5.69 Å². The molecule has 0 spiro atoms. The number of phenols is 1. The molecular formula is C17H13ClN2O4. The molecule has 2 aromatic carbocycles. The van der Waals surface area contributed by atoms with Crippen LogP contribution in [0.25, 0.3) is 10.9 Å². The van der Waals surface area contributed by atoms with E-state index in [1.54, 1.807) is 18.2 Å². The van der Waals surface area contributed by atoms with Gasteiger partial charge in [-0.1, -0.05) is 29.8 Å². The van der Waals surface area contributed by atoms with E-state index in [4.69, 9.17) is 16.7 Å². The van der Waals surface area contributed by atoms with Gasteiger partial charge in [0.05, 0.1) is 22.6 Å². The van der Waals surface area contributed by atoms with Crippen molar-refractivity contribution in [1.29, 1.82) is 0 Å². The lowest BCUT2D eigenvalue weighted by molar-refractivity contribution is -0.136. The van der Waals surface area contributed by atoms with Crippen LogP contribution in [0.3, 0.4) is 0 Å². The van der Waals surface area contributed by atoms with Crippen molar-refractivity contribution >= 4 is 40.1 Å². The first-order chi connectivity index (χ1) is 11.4. The Labute approximate surface area is 141 Å². The molecule has 1 heterocycles. The average Bonchev–Trinajstić information content (AvgIpc) is 2.96. The van der Waals surface area contributed by atoms with Crippen LogP contribution in [-0.4, -0.2) is 27.1 Å². The number of nitrogens with one attached hydrogen (secondary N) is 2. The van der Waals surface area contributed by atoms with Gasteiger partial charge >= 0.3 is 5.97 Å². The maximum atomic E-state index is 12.4. The number of carboxylic acid groups (broad SMARTS) is 1. The van der Waals surface area contributed by atoms with Crippen LogP contribution in [0.15, 0.2) is 42.5 Å². The Hall–Kier alpha value is -2.99. The number of carbonyl (C=O) groups is 2. The molecule has 0 radical (unpaired) electrons. The fourth-order valence-electron chi connectivity index (χ4n) is 2.40. The summed E-state index contributed by atoms with van der Waals surface area (Å²) in [5, 5.41) is 22.5. The zero-order valence-electron chi connectivity index (χ0n) is 12.3. The molecule has 3 rings (SSSR count). The van der Waals surface area contributed by atoms with Crippen molar-refractivity contribution in [1.82, 2.24) is 4.98 Å². The number of amides is 1. The van der Waals surface area contributed by atoms with Crippen molar-refractivity contribution in [3.63, 3.8) is 0 Å². The molecule has 122 valence electrons. The van der Waals surface area contributed by atoms with Crippen LogP contribution in [0, 0.1) is 0 Å². The summed E-state index contributed by atoms with van der Waals surface area (Å²) in [6.45, 7) is 0. The summed E-state index contributed by atoms with van der Waals surface area (Å²) < 4.78 is 0. The van der Waals surface area contributed by atoms with Gasteiger partial charge in [-0.05, 0) is 29.8 Å². The van der Waals surface area contributed by atoms with Gasteiger partial charge < -0.3 is 20.5 Å². The molecule has 0 atom stereocenters. The van der Waals surface area contributed by atoms with Crippen molar-refractivity contribution in [3.05, 3.63) is 58.7 Å². The first-order valence-electron chi connectivity index (χ1n) is 7.06. The Morgan fingerprint density at radius 2 is 1.96 bits per heavy atom. The fraction of sp³-hybridized carbons (Fsp3) is 0.0588. The summed E-state index contributed by atoms with van der Waals surface area (Å²) in [5.41, 5.74) is 1.54. The molecular weight excluding hydrogens is 332 g/mol. The van der Waals surface area contributed by atoms with Gasteiger partial charge in [0.25, 0.3) is 5.91 Å². The monoisotopic (exact) mass is 344 g/mol. The molecule has 0 saturated carbocycles. The van der Waals surface area contributed by atoms with E-state index < -0.39 is 11.9 Å². The van der Waals surface area contributed by atoms with Crippen molar-refractivity contribution in [3.8, 4) is 5.75 Å². The molecule has 1 amide bonds. The highest BCUT2D eigenvalue weighted by molar-refractivity contribution is 6.35. The molecule has 24 heavy (non-hydrogen) atoms. The highest BCUT2D eigenvalue weighted by Gasteiger charge is 2.14. The van der Waals surface area contributed by atoms with Crippen LogP contribution in [0.5, 0.6) is 5.75 Å². The SMILES string of the molecule is O=C(O)Cc1ccc(O)c(NC(=O)c2cc3cccc(Cl)c3[nH]2)c1. The third kappa shape index (κ3) is 3.18. The Kier molecular flexibility index (Phi) is 4.14. The number of benzene rings is 2. The predicted octanol–water partition coefficient (Wildman–Crippen LogP) is 3.41. The third-order valence-electron chi connectivity index (χ3n) is 3.51. The average molecular weight is 345 g/mol. The van der Waals surface area contributed by atoms with Gasteiger partial charge in [0.15, 0.2) is 0 Å². The molecule has 7 heteroatoms. The normalized spacial score (nSPS) is 10.7. The molecule has 0 unspecified atom stereocenters. The number of hydrogen-bond donors (Lipinski definition) is 4. The highest BCUT2D eigenvalue weighted by atomic mass is 35.5. The van der Waals surface area contributed by atoms with E-state index in [0.29, 0.717) is 16.1 Å². The Morgan fingerprint density at radius 1 is 1.17 bits per heavy atom. The van der Waals surface area contributed by atoms with E-state index in [2.05, 4.69) is 10.3 Å². The largest absolute Gasteiger partial charge is 0.506 e. The van der Waals surface area contributed by atoms with Crippen LogP contribution in [0.2, 0.25) is 5.02 Å². The van der Waals surface area contributed by atoms with Crippen LogP contribution in [-0.2, 0) is 11.2 Å². The van der Waals surface area contributed by atoms with Gasteiger partial charge in [0.2, 0.25) is 0 Å². The second kappa shape index (κ2) is 6.25. The number of aromatic hydroxyl groups is 1. The summed E-state index contributed by atoms with van der Waals surface area (Å²) in [4.78, 5) is 26.1. The number of hydrogen-bond acceptors (Lipinski definition) is 3. The number of anilines is 1. The molecule has 0 bridgehead atoms. The van der Waals surface area contributed by atoms with Crippen molar-refractivity contribution in [2.75, 3.05) is 5.32 Å². The molecule has 0 fully saturated rings. The van der Waals surface area contributed by atoms with E-state index in [0.717, 1.165) is 5.39 Å². The number of carboxylic acids is 1. The minimum atomic E-state index is -0.997. The molecule has 0 aliphatic carbocycles. The van der Waals surface area contributed by atoms with E-state index in [-0.39, 0.29) is 23.6 Å². The van der Waals surface area contributed by atoms with Gasteiger partial charge in [-0.3, -0.25) is 9.59 Å². The summed E-state index contributed by atoms with van der Waals surface area (Å²) >= 11 is 6.07. The number of rotatable bonds is 4. The van der Waals surface area contributed by atoms with Crippen molar-refractivity contribution in [2.24, 2.45) is 0 Å². The lowest BCUT2D eigenvalue weighted by Gasteiger charge is -2.08. The number of para-hydroxylation sites is 1. The summed E-state index contributed by atoms with van der Waals surface area (Å²) in [6, 6.07) is 11.2. The smallest absolute Gasteiger partial charge is 0.307 e. The van der Waals surface area contributed by atoms with E-state index in [9.17, 15) is 14.7 Å². The van der Waals surface area contributed by atoms with Gasteiger partial charge in [-0.2, -0.15) is 0 Å². The summed E-state index contributed by atoms with van der Waals surface area (Å²) in [6.07, 6.45) is -0.203. The number of H-pyrrole nitrogens is 1. The summed E-state index contributed by atoms with van der Waals surface area (Å²) in [5.74, 6) is -1.61. The minimum Gasteiger partial charge on any atom is -0.506 e. The number of fused-ring (bicyclic) bond motifs is 1. The minimum absolute atomic E-state index is 0.142. The maximum Gasteiger partial charge on any atom is 0.307 e. The second-order valence-corrected chi connectivity index (χ2v) is 5.67. The molecule has 0 aliphatic heterocycles. The van der Waals surface area contributed by atoms with Crippen LogP contribution in [0.1, 0.15) is 16.1 Å². The van der Waals surface area contributed by atoms with Gasteiger partial charge in [-0.15, -0.1) is 0 Å². The zero-order chi connectivity index (χ0) is 17.3. The highest BCUT2D eigenvalue weighted by Crippen LogP contribution is 2.27. The number of halogens is 1. The lowest BCUT2D eigenvalue weighted by atomic mass is 10.1. The van der Waals surface area contributed by atoms with Crippen LogP contribution < -0.4 is 5.32 Å². The Bertz CT molecular complexity index is 949. The zero-order valence-corrected chi connectivity index (χ0v) is 13.1. The van der Waals surface area contributed by atoms with Crippen molar-refractivity contribution in [2.45, 2.75) is 6.42 Å².